The Bertz CT molecular complexity index is 1020. The van der Waals surface area contributed by atoms with Crippen molar-refractivity contribution in [3.8, 4) is 11.3 Å². The van der Waals surface area contributed by atoms with E-state index in [2.05, 4.69) is 33.3 Å². The van der Waals surface area contributed by atoms with E-state index in [-0.39, 0.29) is 11.2 Å². The third-order valence-electron chi connectivity index (χ3n) is 5.56. The molecule has 0 spiro atoms. The van der Waals surface area contributed by atoms with Crippen LogP contribution < -0.4 is 10.2 Å². The highest BCUT2D eigenvalue weighted by molar-refractivity contribution is 5.67. The summed E-state index contributed by atoms with van der Waals surface area (Å²) in [4.78, 5) is 6.34. The highest BCUT2D eigenvalue weighted by Crippen LogP contribution is 2.30. The number of anilines is 1. The second-order valence-electron chi connectivity index (χ2n) is 9.30. The molecule has 0 atom stereocenters. The van der Waals surface area contributed by atoms with Crippen LogP contribution in [0.4, 0.5) is 10.2 Å². The van der Waals surface area contributed by atoms with Crippen molar-refractivity contribution in [3.63, 3.8) is 0 Å². The van der Waals surface area contributed by atoms with Crippen LogP contribution in [0.3, 0.4) is 0 Å². The molecule has 3 aromatic rings. The highest BCUT2D eigenvalue weighted by atomic mass is 19.1. The monoisotopic (exact) mass is 396 g/mol. The van der Waals surface area contributed by atoms with Gasteiger partial charge in [-0.3, -0.25) is 0 Å². The molecule has 0 amide bonds. The van der Waals surface area contributed by atoms with Gasteiger partial charge in [-0.15, -0.1) is 0 Å². The summed E-state index contributed by atoms with van der Waals surface area (Å²) in [6.45, 7) is 6.52. The van der Waals surface area contributed by atoms with Crippen LogP contribution in [0.15, 0.2) is 30.3 Å². The number of hydrogen-bond acceptors (Lipinski definition) is 3. The minimum absolute atomic E-state index is 0.147. The second-order valence-corrected chi connectivity index (χ2v) is 9.30. The van der Waals surface area contributed by atoms with Crippen molar-refractivity contribution in [1.29, 1.82) is 0 Å². The molecule has 154 valence electrons. The third-order valence-corrected chi connectivity index (χ3v) is 5.56. The van der Waals surface area contributed by atoms with Crippen LogP contribution in [0.25, 0.3) is 16.9 Å². The zero-order valence-corrected chi connectivity index (χ0v) is 17.8. The predicted molar refractivity (Wildman–Crippen MR) is 115 cm³/mol. The zero-order chi connectivity index (χ0) is 20.6. The minimum Gasteiger partial charge on any atom is -0.369 e. The molecule has 0 aliphatic heterocycles. The summed E-state index contributed by atoms with van der Waals surface area (Å²) < 4.78 is 15.6. The van der Waals surface area contributed by atoms with Gasteiger partial charge in [0.15, 0.2) is 5.65 Å². The van der Waals surface area contributed by atoms with Crippen molar-refractivity contribution < 1.29 is 9.29 Å². The zero-order valence-electron chi connectivity index (χ0n) is 17.8. The second kappa shape index (κ2) is 7.75. The van der Waals surface area contributed by atoms with Gasteiger partial charge in [-0.1, -0.05) is 26.0 Å². The smallest absolute Gasteiger partial charge is 0.158 e. The van der Waals surface area contributed by atoms with Crippen molar-refractivity contribution in [2.75, 3.05) is 32.5 Å². The lowest BCUT2D eigenvalue weighted by Crippen LogP contribution is -3.07. The highest BCUT2D eigenvalue weighted by Gasteiger charge is 2.25. The van der Waals surface area contributed by atoms with Gasteiger partial charge in [0.2, 0.25) is 0 Å². The van der Waals surface area contributed by atoms with E-state index in [1.807, 2.05) is 16.6 Å². The summed E-state index contributed by atoms with van der Waals surface area (Å²) in [5, 5.41) is 8.52. The van der Waals surface area contributed by atoms with E-state index in [4.69, 9.17) is 10.1 Å². The van der Waals surface area contributed by atoms with Crippen LogP contribution >= 0.6 is 0 Å². The SMILES string of the molecule is C[NH+](C)CC(C)(C)CNc1c2c(nc3cc(-c4cccc(F)c4)nn13)CCCC2. The number of halogens is 1. The molecule has 1 aliphatic rings. The first kappa shape index (κ1) is 19.8. The molecule has 5 nitrogen and oxygen atoms in total. The molecule has 4 rings (SSSR count). The number of quaternary nitrogens is 1. The molecule has 2 heterocycles. The van der Waals surface area contributed by atoms with E-state index in [0.29, 0.717) is 0 Å². The standard InChI is InChI=1S/C23H30FN5/c1-23(2,15-28(3)4)14-25-22-18-10-5-6-11-19(18)26-21-13-20(27-29(21)22)16-8-7-9-17(24)12-16/h7-9,12-13,25H,5-6,10-11,14-15H2,1-4H3/p+1. The van der Waals surface area contributed by atoms with Crippen molar-refractivity contribution in [2.45, 2.75) is 39.5 Å². The van der Waals surface area contributed by atoms with Crippen molar-refractivity contribution in [1.82, 2.24) is 14.6 Å². The van der Waals surface area contributed by atoms with Crippen LogP contribution in [0.1, 0.15) is 37.9 Å². The first-order chi connectivity index (χ1) is 13.8. The molecule has 2 aromatic heterocycles. The van der Waals surface area contributed by atoms with Crippen molar-refractivity contribution in [2.24, 2.45) is 5.41 Å². The van der Waals surface area contributed by atoms with E-state index in [1.165, 1.54) is 41.1 Å². The van der Waals surface area contributed by atoms with Crippen LogP contribution in [0, 0.1) is 11.2 Å². The average Bonchev–Trinajstić information content (AvgIpc) is 3.08. The number of aromatic nitrogens is 3. The number of fused-ring (bicyclic) bond motifs is 2. The van der Waals surface area contributed by atoms with Gasteiger partial charge >= 0.3 is 0 Å². The molecule has 1 aliphatic carbocycles. The maximum Gasteiger partial charge on any atom is 0.158 e. The Kier molecular flexibility index (Phi) is 5.30. The normalized spacial score (nSPS) is 14.4. The quantitative estimate of drug-likeness (QED) is 0.673. The van der Waals surface area contributed by atoms with Gasteiger partial charge in [-0.2, -0.15) is 9.61 Å². The Hall–Kier alpha value is -2.47. The van der Waals surface area contributed by atoms with Crippen molar-refractivity contribution in [3.05, 3.63) is 47.4 Å². The number of hydrogen-bond donors (Lipinski definition) is 2. The number of benzene rings is 1. The lowest BCUT2D eigenvalue weighted by Gasteiger charge is -2.28. The number of nitrogens with one attached hydrogen (secondary N) is 2. The molecule has 29 heavy (non-hydrogen) atoms. The van der Waals surface area contributed by atoms with Gasteiger partial charge in [0.25, 0.3) is 0 Å². The van der Waals surface area contributed by atoms with E-state index in [1.54, 1.807) is 6.07 Å². The van der Waals surface area contributed by atoms with Gasteiger partial charge in [0.1, 0.15) is 11.6 Å². The van der Waals surface area contributed by atoms with Gasteiger partial charge in [0.05, 0.1) is 26.3 Å². The average molecular weight is 397 g/mol. The summed E-state index contributed by atoms with van der Waals surface area (Å²) >= 11 is 0. The van der Waals surface area contributed by atoms with Gasteiger partial charge in [-0.25, -0.2) is 9.37 Å². The molecule has 0 fully saturated rings. The molecule has 0 bridgehead atoms. The number of rotatable bonds is 6. The lowest BCUT2D eigenvalue weighted by molar-refractivity contribution is -0.865. The largest absolute Gasteiger partial charge is 0.369 e. The van der Waals surface area contributed by atoms with Gasteiger partial charge in [0, 0.05) is 34.8 Å². The topological polar surface area (TPSA) is 46.7 Å². The van der Waals surface area contributed by atoms with E-state index >= 15 is 0 Å². The molecule has 0 unspecified atom stereocenters. The molecule has 1 aromatic carbocycles. The Morgan fingerprint density at radius 3 is 2.72 bits per heavy atom. The summed E-state index contributed by atoms with van der Waals surface area (Å²) in [6.07, 6.45) is 4.38. The van der Waals surface area contributed by atoms with E-state index in [0.717, 1.165) is 48.7 Å². The molecular weight excluding hydrogens is 365 g/mol. The number of aryl methyl sites for hydroxylation is 1. The van der Waals surface area contributed by atoms with Gasteiger partial charge in [-0.05, 0) is 37.8 Å². The van der Waals surface area contributed by atoms with E-state index < -0.39 is 0 Å². The molecule has 2 N–H and O–H groups in total. The lowest BCUT2D eigenvalue weighted by atomic mass is 9.92. The fourth-order valence-corrected chi connectivity index (χ4v) is 4.46. The summed E-state index contributed by atoms with van der Waals surface area (Å²) in [7, 11) is 4.38. The molecule has 0 saturated carbocycles. The summed E-state index contributed by atoms with van der Waals surface area (Å²) in [5.41, 5.74) is 4.95. The Morgan fingerprint density at radius 1 is 1.17 bits per heavy atom. The number of nitrogens with zero attached hydrogens (tertiary/aromatic N) is 3. The van der Waals surface area contributed by atoms with E-state index in [9.17, 15) is 4.39 Å². The van der Waals surface area contributed by atoms with Crippen LogP contribution in [-0.4, -0.2) is 41.8 Å². The Balaban J connectivity index is 1.76. The van der Waals surface area contributed by atoms with Crippen molar-refractivity contribution >= 4 is 11.5 Å². The first-order valence-corrected chi connectivity index (χ1v) is 10.5. The maximum atomic E-state index is 13.7. The Labute approximate surface area is 171 Å². The van der Waals surface area contributed by atoms with Gasteiger partial charge < -0.3 is 10.2 Å². The molecule has 6 heteroatoms. The fraction of sp³-hybridized carbons (Fsp3) is 0.478. The predicted octanol–water partition coefficient (Wildman–Crippen LogP) is 3.00. The summed E-state index contributed by atoms with van der Waals surface area (Å²) in [6, 6.07) is 8.55. The van der Waals surface area contributed by atoms with Crippen LogP contribution in [-0.2, 0) is 12.8 Å². The maximum absolute atomic E-state index is 13.7. The minimum atomic E-state index is -0.252. The van der Waals surface area contributed by atoms with Crippen LogP contribution in [0.2, 0.25) is 0 Å². The molecule has 0 saturated heterocycles. The summed E-state index contributed by atoms with van der Waals surface area (Å²) in [5.74, 6) is 0.798. The third kappa shape index (κ3) is 4.27. The first-order valence-electron chi connectivity index (χ1n) is 10.5. The molecular formula is C23H31FN5+. The molecule has 0 radical (unpaired) electrons. The fourth-order valence-electron chi connectivity index (χ4n) is 4.46. The Morgan fingerprint density at radius 2 is 1.97 bits per heavy atom. The van der Waals surface area contributed by atoms with Crippen LogP contribution in [0.5, 0.6) is 0 Å².